The Morgan fingerprint density at radius 3 is 2.30 bits per heavy atom. The lowest BCUT2D eigenvalue weighted by Gasteiger charge is -2.17. The van der Waals surface area contributed by atoms with Crippen molar-refractivity contribution in [3.63, 3.8) is 0 Å². The molecule has 0 spiro atoms. The maximum absolute atomic E-state index is 11.7. The number of hydrogen-bond donors (Lipinski definition) is 6. The molecule has 0 aromatic heterocycles. The molecule has 0 saturated heterocycles. The number of carbonyl (C=O) groups excluding carboxylic acids is 2. The van der Waals surface area contributed by atoms with Crippen molar-refractivity contribution < 1.29 is 29.4 Å². The molecule has 7 N–H and O–H groups in total. The van der Waals surface area contributed by atoms with E-state index >= 15 is 0 Å². The number of aliphatic carboxylic acids is 2. The first kappa shape index (κ1) is 20.8. The minimum atomic E-state index is -1.28. The molecular formula is C10H17N5O7S. The fourth-order valence-corrected chi connectivity index (χ4v) is 1.84. The Labute approximate surface area is 134 Å². The molecule has 13 heteroatoms. The average molecular weight is 351 g/mol. The highest BCUT2D eigenvalue weighted by molar-refractivity contribution is 7.97. The second-order valence-electron chi connectivity index (χ2n) is 4.20. The SMILES string of the molecule is NN[C@@H](CCC(=O)N[C@@H](CSN=O)C(=O)NCC(=O)O)C(=O)O. The van der Waals surface area contributed by atoms with Gasteiger partial charge in [-0.15, -0.1) is 4.91 Å². The van der Waals surface area contributed by atoms with Gasteiger partial charge >= 0.3 is 11.9 Å². The van der Waals surface area contributed by atoms with Crippen LogP contribution >= 0.6 is 11.9 Å². The summed E-state index contributed by atoms with van der Waals surface area (Å²) in [4.78, 5) is 54.6. The van der Waals surface area contributed by atoms with E-state index in [1.165, 1.54) is 0 Å². The Kier molecular flexibility index (Phi) is 10.2. The zero-order valence-electron chi connectivity index (χ0n) is 11.9. The fraction of sp³-hybridized carbons (Fsp3) is 0.600. The predicted octanol–water partition coefficient (Wildman–Crippen LogP) is -2.22. The molecular weight excluding hydrogens is 334 g/mol. The van der Waals surface area contributed by atoms with Crippen LogP contribution in [0.25, 0.3) is 0 Å². The van der Waals surface area contributed by atoms with Crippen molar-refractivity contribution in [2.75, 3.05) is 12.3 Å². The second-order valence-corrected chi connectivity index (χ2v) is 4.94. The molecule has 0 aliphatic rings. The lowest BCUT2D eigenvalue weighted by Crippen LogP contribution is -2.49. The van der Waals surface area contributed by atoms with Gasteiger partial charge in [0.2, 0.25) is 11.8 Å². The lowest BCUT2D eigenvalue weighted by molar-refractivity contribution is -0.140. The number of carbonyl (C=O) groups is 4. The summed E-state index contributed by atoms with van der Waals surface area (Å²) in [5.41, 5.74) is 2.02. The molecule has 12 nitrogen and oxygen atoms in total. The van der Waals surface area contributed by atoms with E-state index in [0.29, 0.717) is 11.9 Å². The molecule has 2 amide bonds. The van der Waals surface area contributed by atoms with Gasteiger partial charge in [-0.25, -0.2) is 5.43 Å². The summed E-state index contributed by atoms with van der Waals surface area (Å²) in [6, 6.07) is -2.32. The van der Waals surface area contributed by atoms with Crippen LogP contribution in [-0.2, 0) is 19.2 Å². The average Bonchev–Trinajstić information content (AvgIpc) is 2.49. The number of nitrogens with zero attached hydrogens (tertiary/aromatic N) is 1. The van der Waals surface area contributed by atoms with Gasteiger partial charge in [-0.1, -0.05) is 0 Å². The van der Waals surface area contributed by atoms with E-state index in [2.05, 4.69) is 15.2 Å². The van der Waals surface area contributed by atoms with Gasteiger partial charge in [-0.2, -0.15) is 0 Å². The quantitative estimate of drug-likeness (QED) is 0.0968. The molecule has 0 rings (SSSR count). The van der Waals surface area contributed by atoms with Gasteiger partial charge in [0.15, 0.2) is 0 Å². The fourth-order valence-electron chi connectivity index (χ4n) is 1.39. The number of carboxylic acids is 2. The predicted molar refractivity (Wildman–Crippen MR) is 78.8 cm³/mol. The topological polar surface area (TPSA) is 200 Å². The first-order chi connectivity index (χ1) is 10.8. The lowest BCUT2D eigenvalue weighted by atomic mass is 10.1. The van der Waals surface area contributed by atoms with Crippen LogP contribution in [0.3, 0.4) is 0 Å². The molecule has 0 aliphatic heterocycles. The smallest absolute Gasteiger partial charge is 0.322 e. The highest BCUT2D eigenvalue weighted by Gasteiger charge is 2.23. The number of rotatable bonds is 12. The summed E-state index contributed by atoms with van der Waals surface area (Å²) < 4.78 is 2.49. The molecule has 130 valence electrons. The van der Waals surface area contributed by atoms with Crippen molar-refractivity contribution in [2.24, 2.45) is 10.4 Å². The molecule has 0 fully saturated rings. The van der Waals surface area contributed by atoms with Crippen molar-refractivity contribution in [3.8, 4) is 0 Å². The summed E-state index contributed by atoms with van der Waals surface area (Å²) in [7, 11) is 0. The maximum atomic E-state index is 11.7. The van der Waals surface area contributed by atoms with Crippen LogP contribution in [0.2, 0.25) is 0 Å². The standard InChI is InChI=1S/C10H17N5O7S/c11-14-5(10(20)21)1-2-7(16)13-6(4-23-15-22)9(19)12-3-8(17)18/h5-6,14H,1-4,11H2,(H,12,19)(H,13,16)(H,17,18)(H,20,21)/t5-,6-/m0/s1. The Morgan fingerprint density at radius 2 is 1.83 bits per heavy atom. The highest BCUT2D eigenvalue weighted by atomic mass is 32.2. The second kappa shape index (κ2) is 11.3. The van der Waals surface area contributed by atoms with Crippen molar-refractivity contribution in [1.29, 1.82) is 0 Å². The summed E-state index contributed by atoms with van der Waals surface area (Å²) in [5, 5.41) is 21.5. The first-order valence-electron chi connectivity index (χ1n) is 6.24. The molecule has 0 aromatic rings. The molecule has 0 unspecified atom stereocenters. The van der Waals surface area contributed by atoms with Gasteiger partial charge in [-0.05, 0) is 6.42 Å². The van der Waals surface area contributed by atoms with E-state index in [0.717, 1.165) is 0 Å². The highest BCUT2D eigenvalue weighted by Crippen LogP contribution is 2.05. The zero-order chi connectivity index (χ0) is 17.8. The third kappa shape index (κ3) is 9.38. The Hall–Kier alpha value is -2.25. The summed E-state index contributed by atoms with van der Waals surface area (Å²) in [5.74, 6) is 0.839. The van der Waals surface area contributed by atoms with Crippen LogP contribution < -0.4 is 21.9 Å². The number of hydrogen-bond acceptors (Lipinski definition) is 9. The third-order valence-corrected chi connectivity index (χ3v) is 3.11. The monoisotopic (exact) mass is 351 g/mol. The van der Waals surface area contributed by atoms with Crippen molar-refractivity contribution >= 4 is 35.7 Å². The number of carboxylic acid groups (broad SMARTS) is 2. The maximum Gasteiger partial charge on any atom is 0.322 e. The van der Waals surface area contributed by atoms with Gasteiger partial charge in [0.05, 0.1) is 0 Å². The number of nitrogens with one attached hydrogen (secondary N) is 3. The van der Waals surface area contributed by atoms with E-state index in [4.69, 9.17) is 16.1 Å². The van der Waals surface area contributed by atoms with Crippen LogP contribution in [0.1, 0.15) is 12.8 Å². The third-order valence-electron chi connectivity index (χ3n) is 2.52. The van der Waals surface area contributed by atoms with Crippen LogP contribution in [0.5, 0.6) is 0 Å². The minimum Gasteiger partial charge on any atom is -0.480 e. The van der Waals surface area contributed by atoms with Crippen molar-refractivity contribution in [1.82, 2.24) is 16.1 Å². The number of amides is 2. The molecule has 0 aliphatic carbocycles. The summed E-state index contributed by atoms with van der Waals surface area (Å²) in [6.07, 6.45) is -0.372. The Morgan fingerprint density at radius 1 is 1.17 bits per heavy atom. The number of nitroso groups, excluding NO2 is 1. The van der Waals surface area contributed by atoms with Crippen LogP contribution in [0, 0.1) is 4.91 Å². The van der Waals surface area contributed by atoms with Gasteiger partial charge in [0.25, 0.3) is 0 Å². The molecule has 0 heterocycles. The number of hydrazine groups is 1. The van der Waals surface area contributed by atoms with Crippen LogP contribution in [-0.4, -0.2) is 58.3 Å². The Bertz CT molecular complexity index is 461. The van der Waals surface area contributed by atoms with E-state index in [1.54, 1.807) is 0 Å². The van der Waals surface area contributed by atoms with Gasteiger partial charge in [-0.3, -0.25) is 25.0 Å². The van der Waals surface area contributed by atoms with Crippen LogP contribution in [0.4, 0.5) is 0 Å². The van der Waals surface area contributed by atoms with Gasteiger partial charge < -0.3 is 20.8 Å². The summed E-state index contributed by atoms with van der Waals surface area (Å²) in [6.45, 7) is -0.650. The largest absolute Gasteiger partial charge is 0.480 e. The van der Waals surface area contributed by atoms with E-state index < -0.39 is 42.4 Å². The summed E-state index contributed by atoms with van der Waals surface area (Å²) >= 11 is 0.475. The normalized spacial score (nSPS) is 12.7. The minimum absolute atomic E-state index is 0.125. The van der Waals surface area contributed by atoms with Crippen molar-refractivity contribution in [3.05, 3.63) is 4.91 Å². The molecule has 0 saturated carbocycles. The first-order valence-corrected chi connectivity index (χ1v) is 7.18. The zero-order valence-corrected chi connectivity index (χ0v) is 12.7. The molecule has 0 aromatic carbocycles. The van der Waals surface area contributed by atoms with E-state index in [1.807, 2.05) is 5.43 Å². The van der Waals surface area contributed by atoms with Gasteiger partial charge in [0.1, 0.15) is 18.6 Å². The molecule has 23 heavy (non-hydrogen) atoms. The molecule has 2 atom stereocenters. The molecule has 0 radical (unpaired) electrons. The van der Waals surface area contributed by atoms with Crippen LogP contribution in [0.15, 0.2) is 4.58 Å². The van der Waals surface area contributed by atoms with E-state index in [-0.39, 0.29) is 18.6 Å². The van der Waals surface area contributed by atoms with E-state index in [9.17, 15) is 24.1 Å². The molecule has 0 bridgehead atoms. The Balaban J connectivity index is 4.53. The van der Waals surface area contributed by atoms with Gasteiger partial charge in [0, 0.05) is 28.7 Å². The van der Waals surface area contributed by atoms with Crippen molar-refractivity contribution in [2.45, 2.75) is 24.9 Å². The number of nitrogens with two attached hydrogens (primary N) is 1.